The molecule has 1 aliphatic rings. The molecule has 0 bridgehead atoms. The number of nitrogens with zero attached hydrogens (tertiary/aromatic N) is 1. The minimum Gasteiger partial charge on any atom is -0.152 e. The van der Waals surface area contributed by atoms with Crippen LogP contribution in [0.3, 0.4) is 0 Å². The van der Waals surface area contributed by atoms with Crippen LogP contribution in [0, 0.1) is 0 Å². The highest BCUT2D eigenvalue weighted by atomic mass is 16.5. The Morgan fingerprint density at radius 3 is 1.75 bits per heavy atom. The number of rotatable bonds is 0. The van der Waals surface area contributed by atoms with Gasteiger partial charge in [-0.1, -0.05) is 0 Å². The van der Waals surface area contributed by atoms with Gasteiger partial charge in [-0.2, -0.15) is 5.06 Å². The van der Waals surface area contributed by atoms with E-state index in [1.165, 1.54) is 0 Å². The monoisotopic (exact) mass is 58.0 g/mol. The van der Waals surface area contributed by atoms with E-state index in [9.17, 15) is 5.21 Å². The van der Waals surface area contributed by atoms with Gasteiger partial charge in [-0.3, -0.25) is 0 Å². The Morgan fingerprint density at radius 2 is 1.75 bits per heavy atom. The van der Waals surface area contributed by atoms with Gasteiger partial charge in [-0.15, -0.1) is 5.21 Å². The van der Waals surface area contributed by atoms with Crippen molar-refractivity contribution in [1.82, 2.24) is 5.06 Å². The molecule has 0 aliphatic carbocycles. The minimum atomic E-state index is 0.764. The summed E-state index contributed by atoms with van der Waals surface area (Å²) in [6, 6.07) is 0. The number of hydroxylamine groups is 2. The molecule has 0 spiro atoms. The van der Waals surface area contributed by atoms with Crippen LogP contribution in [-0.2, 0) is 5.21 Å². The Kier molecular flexibility index (Phi) is 0.242. The molecule has 0 aromatic heterocycles. The fourth-order valence-electron chi connectivity index (χ4n) is 0.0408. The van der Waals surface area contributed by atoms with Gasteiger partial charge in [0.05, 0.1) is 0 Å². The maximum Gasteiger partial charge on any atom is 0.0424 e. The van der Waals surface area contributed by atoms with Crippen LogP contribution in [-0.4, -0.2) is 18.2 Å². The first-order chi connectivity index (χ1) is 1.89. The van der Waals surface area contributed by atoms with Crippen molar-refractivity contribution in [3.8, 4) is 0 Å². The second-order valence-electron chi connectivity index (χ2n) is 0.929. The fourth-order valence-corrected chi connectivity index (χ4v) is 0.0408. The van der Waals surface area contributed by atoms with Crippen molar-refractivity contribution in [2.45, 2.75) is 0 Å². The Labute approximate surface area is 24.6 Å². The summed E-state index contributed by atoms with van der Waals surface area (Å²) in [7, 11) is 0. The molecule has 0 atom stereocenters. The molecule has 1 heterocycles. The zero-order valence-corrected chi connectivity index (χ0v) is 2.27. The number of hydrogen-bond acceptors (Lipinski definition) is 1. The smallest absolute Gasteiger partial charge is 0.0424 e. The quantitative estimate of drug-likeness (QED) is 0.349. The average molecular weight is 58.1 g/mol. The topological polar surface area (TPSA) is 22.9 Å². The maximum absolute atomic E-state index is 9.47. The highest BCUT2D eigenvalue weighted by Crippen LogP contribution is 1.93. The Bertz CT molecular complexity index is 25.2. The molecule has 0 aromatic rings. The Balaban J connectivity index is 2.17. The van der Waals surface area contributed by atoms with E-state index in [0.29, 0.717) is 0 Å². The van der Waals surface area contributed by atoms with Gasteiger partial charge in [0.1, 0.15) is 0 Å². The van der Waals surface area contributed by atoms with Crippen LogP contribution in [0.5, 0.6) is 0 Å². The highest BCUT2D eigenvalue weighted by molar-refractivity contribution is 4.56. The molecule has 1 rings (SSSR count). The van der Waals surface area contributed by atoms with Gasteiger partial charge in [0.15, 0.2) is 0 Å². The van der Waals surface area contributed by atoms with Crippen LogP contribution < -0.4 is 0 Å². The lowest BCUT2D eigenvalue weighted by Crippen LogP contribution is -1.73. The van der Waals surface area contributed by atoms with Crippen molar-refractivity contribution in [2.24, 2.45) is 0 Å². The van der Waals surface area contributed by atoms with Gasteiger partial charge >= 0.3 is 0 Å². The summed E-state index contributed by atoms with van der Waals surface area (Å²) in [6.45, 7) is 1.53. The summed E-state index contributed by atoms with van der Waals surface area (Å²) in [5.41, 5.74) is 0. The Hall–Kier alpha value is -0.0800. The van der Waals surface area contributed by atoms with Crippen LogP contribution in [0.2, 0.25) is 0 Å². The molecule has 2 nitrogen and oxygen atoms in total. The predicted molar refractivity (Wildman–Crippen MR) is 12.3 cm³/mol. The highest BCUT2D eigenvalue weighted by Gasteiger charge is 2.13. The van der Waals surface area contributed by atoms with E-state index < -0.39 is 0 Å². The van der Waals surface area contributed by atoms with E-state index in [4.69, 9.17) is 0 Å². The van der Waals surface area contributed by atoms with Gasteiger partial charge in [-0.25, -0.2) is 0 Å². The SMILES string of the molecule is [O]N1CC1. The lowest BCUT2D eigenvalue weighted by atomic mass is 11.0. The van der Waals surface area contributed by atoms with Crippen LogP contribution in [0.1, 0.15) is 0 Å². The molecular formula is C2H4NO. The van der Waals surface area contributed by atoms with Crippen molar-refractivity contribution in [1.29, 1.82) is 0 Å². The molecule has 1 radical (unpaired) electrons. The van der Waals surface area contributed by atoms with Crippen molar-refractivity contribution >= 4 is 0 Å². The van der Waals surface area contributed by atoms with Gasteiger partial charge in [0, 0.05) is 13.1 Å². The zero-order chi connectivity index (χ0) is 2.99. The normalized spacial score (nSPS) is 26.2. The molecule has 1 aliphatic heterocycles. The van der Waals surface area contributed by atoms with Gasteiger partial charge in [0.25, 0.3) is 0 Å². The summed E-state index contributed by atoms with van der Waals surface area (Å²) in [4.78, 5) is 0. The first-order valence-corrected chi connectivity index (χ1v) is 1.32. The molecule has 1 saturated heterocycles. The molecule has 0 aromatic carbocycles. The van der Waals surface area contributed by atoms with Crippen LogP contribution in [0.4, 0.5) is 0 Å². The summed E-state index contributed by atoms with van der Waals surface area (Å²) >= 11 is 0. The summed E-state index contributed by atoms with van der Waals surface area (Å²) < 4.78 is 0. The van der Waals surface area contributed by atoms with Crippen molar-refractivity contribution < 1.29 is 5.21 Å². The third-order valence-corrected chi connectivity index (χ3v) is 0.406. The minimum absolute atomic E-state index is 0.764. The van der Waals surface area contributed by atoms with Crippen LogP contribution in [0.15, 0.2) is 0 Å². The van der Waals surface area contributed by atoms with Gasteiger partial charge < -0.3 is 0 Å². The maximum atomic E-state index is 9.47. The zero-order valence-electron chi connectivity index (χ0n) is 2.27. The summed E-state index contributed by atoms with van der Waals surface area (Å²) in [6.07, 6.45) is 0. The van der Waals surface area contributed by atoms with Crippen LogP contribution in [0.25, 0.3) is 0 Å². The third kappa shape index (κ3) is 0.191. The summed E-state index contributed by atoms with van der Waals surface area (Å²) in [5, 5.41) is 10.5. The first-order valence-electron chi connectivity index (χ1n) is 1.32. The molecule has 0 saturated carbocycles. The van der Waals surface area contributed by atoms with Gasteiger partial charge in [-0.05, 0) is 0 Å². The molecule has 0 N–H and O–H groups in total. The summed E-state index contributed by atoms with van der Waals surface area (Å²) in [5.74, 6) is 0. The molecule has 1 fully saturated rings. The standard InChI is InChI=1S/C2H4NO/c4-3-1-2-3/h1-2H2. The molecule has 4 heavy (non-hydrogen) atoms. The molecular weight excluding hydrogens is 54.0 g/mol. The molecule has 0 unspecified atom stereocenters. The fraction of sp³-hybridized carbons (Fsp3) is 1.00. The predicted octanol–water partition coefficient (Wildman–Crippen LogP) is -0.353. The Morgan fingerprint density at radius 1 is 1.50 bits per heavy atom. The second-order valence-corrected chi connectivity index (χ2v) is 0.929. The van der Waals surface area contributed by atoms with Crippen molar-refractivity contribution in [3.05, 3.63) is 0 Å². The van der Waals surface area contributed by atoms with E-state index in [2.05, 4.69) is 0 Å². The van der Waals surface area contributed by atoms with Crippen LogP contribution >= 0.6 is 0 Å². The molecule has 23 valence electrons. The van der Waals surface area contributed by atoms with Crippen molar-refractivity contribution in [3.63, 3.8) is 0 Å². The van der Waals surface area contributed by atoms with E-state index in [1.54, 1.807) is 0 Å². The van der Waals surface area contributed by atoms with E-state index in [-0.39, 0.29) is 0 Å². The first kappa shape index (κ1) is 2.18. The van der Waals surface area contributed by atoms with Crippen molar-refractivity contribution in [2.75, 3.05) is 13.1 Å². The lowest BCUT2D eigenvalue weighted by molar-refractivity contribution is -0.0477. The second kappa shape index (κ2) is 0.445. The largest absolute Gasteiger partial charge is 0.152 e. The number of hydrogen-bond donors (Lipinski definition) is 0. The average Bonchev–Trinajstić information content (AvgIpc) is 1.75. The lowest BCUT2D eigenvalue weighted by Gasteiger charge is -1.59. The molecule has 2 heteroatoms. The molecule has 0 amide bonds. The van der Waals surface area contributed by atoms with E-state index in [1.807, 2.05) is 0 Å². The van der Waals surface area contributed by atoms with E-state index >= 15 is 0 Å². The van der Waals surface area contributed by atoms with Gasteiger partial charge in [0.2, 0.25) is 0 Å². The van der Waals surface area contributed by atoms with E-state index in [0.717, 1.165) is 18.2 Å². The third-order valence-electron chi connectivity index (χ3n) is 0.406.